The Morgan fingerprint density at radius 2 is 2.32 bits per heavy atom. The van der Waals surface area contributed by atoms with Crippen molar-refractivity contribution in [3.63, 3.8) is 0 Å². The Bertz CT molecular complexity index is 768. The second-order valence-corrected chi connectivity index (χ2v) is 5.67. The number of aliphatic hydroxyl groups is 2. The predicted molar refractivity (Wildman–Crippen MR) is 85.8 cm³/mol. The van der Waals surface area contributed by atoms with Crippen LogP contribution in [0.4, 0.5) is 0 Å². The van der Waals surface area contributed by atoms with Gasteiger partial charge in [-0.15, -0.1) is 0 Å². The third kappa shape index (κ3) is 3.79. The highest BCUT2D eigenvalue weighted by molar-refractivity contribution is 6.46. The molecule has 2 aromatic rings. The molecule has 0 saturated heterocycles. The van der Waals surface area contributed by atoms with Crippen LogP contribution in [0.25, 0.3) is 0 Å². The van der Waals surface area contributed by atoms with E-state index in [1.807, 2.05) is 0 Å². The monoisotopic (exact) mass is 347 g/mol. The van der Waals surface area contributed by atoms with Crippen molar-refractivity contribution in [1.82, 2.24) is 20.5 Å². The van der Waals surface area contributed by atoms with Gasteiger partial charge in [-0.2, -0.15) is 5.10 Å². The van der Waals surface area contributed by atoms with Crippen LogP contribution in [0.5, 0.6) is 5.75 Å². The highest BCUT2D eigenvalue weighted by Crippen LogP contribution is 2.32. The molecule has 1 aromatic heterocycles. The molecule has 0 bridgehead atoms. The SMILES string of the molecule is NCc1n[nH]c(CC(=O)N[C@H]2Cc3cccc(C(O)O)c3OB2O)n1. The normalized spacial score (nSPS) is 16.5. The van der Waals surface area contributed by atoms with E-state index in [9.17, 15) is 20.0 Å². The summed E-state index contributed by atoms with van der Waals surface area (Å²) in [6.45, 7) is 0.170. The number of amides is 1. The fraction of sp³-hybridized carbons (Fsp3) is 0.357. The Morgan fingerprint density at radius 1 is 1.52 bits per heavy atom. The van der Waals surface area contributed by atoms with Crippen molar-refractivity contribution in [2.24, 2.45) is 5.73 Å². The largest absolute Gasteiger partial charge is 0.547 e. The lowest BCUT2D eigenvalue weighted by Gasteiger charge is -2.29. The zero-order chi connectivity index (χ0) is 18.0. The number of rotatable bonds is 5. The summed E-state index contributed by atoms with van der Waals surface area (Å²) in [5.41, 5.74) is 6.23. The first kappa shape index (κ1) is 17.4. The molecule has 0 aliphatic carbocycles. The maximum Gasteiger partial charge on any atom is 0.547 e. The standard InChI is InChI=1S/C14H18BN5O5/c16-6-11-18-10(19-20-11)5-12(21)17-9-4-7-2-1-3-8(14(22)23)13(7)25-15(9)24/h1-3,9,14,22-24H,4-6,16H2,(H,17,21)(H,18,19,20)/t9-/m0/s1. The number of nitrogens with one attached hydrogen (secondary N) is 2. The average molecular weight is 347 g/mol. The van der Waals surface area contributed by atoms with Gasteiger partial charge in [0.2, 0.25) is 5.91 Å². The second kappa shape index (κ2) is 7.19. The van der Waals surface area contributed by atoms with Crippen LogP contribution in [-0.4, -0.2) is 49.4 Å². The van der Waals surface area contributed by atoms with Crippen molar-refractivity contribution in [3.8, 4) is 5.75 Å². The molecule has 0 saturated carbocycles. The molecule has 11 heteroatoms. The molecule has 132 valence electrons. The molecule has 10 nitrogen and oxygen atoms in total. The van der Waals surface area contributed by atoms with Gasteiger partial charge in [-0.25, -0.2) is 4.98 Å². The summed E-state index contributed by atoms with van der Waals surface area (Å²) in [6.07, 6.45) is -1.47. The van der Waals surface area contributed by atoms with Gasteiger partial charge in [0.1, 0.15) is 11.6 Å². The van der Waals surface area contributed by atoms with Crippen molar-refractivity contribution >= 4 is 13.0 Å². The lowest BCUT2D eigenvalue weighted by atomic mass is 9.72. The van der Waals surface area contributed by atoms with Crippen molar-refractivity contribution in [2.75, 3.05) is 0 Å². The molecule has 3 rings (SSSR count). The number of aromatic amines is 1. The van der Waals surface area contributed by atoms with Crippen molar-refractivity contribution in [2.45, 2.75) is 31.6 Å². The third-order valence-electron chi connectivity index (χ3n) is 3.86. The quantitative estimate of drug-likeness (QED) is 0.265. The van der Waals surface area contributed by atoms with Crippen LogP contribution in [0.2, 0.25) is 0 Å². The molecule has 1 aliphatic rings. The first-order chi connectivity index (χ1) is 12.0. The third-order valence-corrected chi connectivity index (χ3v) is 3.86. The van der Waals surface area contributed by atoms with E-state index in [2.05, 4.69) is 20.5 Å². The summed E-state index contributed by atoms with van der Waals surface area (Å²) in [7, 11) is -1.31. The first-order valence-electron chi connectivity index (χ1n) is 7.70. The number of hydrogen-bond acceptors (Lipinski definition) is 8. The number of aliphatic hydroxyl groups excluding tert-OH is 1. The zero-order valence-electron chi connectivity index (χ0n) is 13.2. The molecule has 1 atom stereocenters. The minimum Gasteiger partial charge on any atom is -0.534 e. The van der Waals surface area contributed by atoms with Crippen LogP contribution in [0, 0.1) is 0 Å². The lowest BCUT2D eigenvalue weighted by Crippen LogP contribution is -2.53. The van der Waals surface area contributed by atoms with Crippen LogP contribution >= 0.6 is 0 Å². The van der Waals surface area contributed by atoms with E-state index >= 15 is 0 Å². The van der Waals surface area contributed by atoms with E-state index in [0.29, 0.717) is 17.2 Å². The molecule has 0 radical (unpaired) electrons. The van der Waals surface area contributed by atoms with E-state index in [0.717, 1.165) is 0 Å². The summed E-state index contributed by atoms with van der Waals surface area (Å²) in [6, 6.07) is 4.88. The predicted octanol–water partition coefficient (Wildman–Crippen LogP) is -2.07. The Hall–Kier alpha value is -2.47. The number of fused-ring (bicyclic) bond motifs is 1. The summed E-state index contributed by atoms with van der Waals surface area (Å²) >= 11 is 0. The molecular formula is C14H18BN5O5. The number of carbonyl (C=O) groups is 1. The fourth-order valence-electron chi connectivity index (χ4n) is 2.69. The summed E-state index contributed by atoms with van der Waals surface area (Å²) < 4.78 is 5.38. The Kier molecular flexibility index (Phi) is 4.99. The Labute approximate surface area is 143 Å². The number of benzene rings is 1. The molecule has 1 amide bonds. The zero-order valence-corrected chi connectivity index (χ0v) is 13.2. The van der Waals surface area contributed by atoms with Gasteiger partial charge in [0.05, 0.1) is 18.9 Å². The number of nitrogens with two attached hydrogens (primary N) is 1. The first-order valence-corrected chi connectivity index (χ1v) is 7.70. The molecule has 1 aliphatic heterocycles. The number of para-hydroxylation sites is 1. The number of nitrogens with zero attached hydrogens (tertiary/aromatic N) is 2. The molecule has 0 unspecified atom stereocenters. The molecule has 0 fully saturated rings. The van der Waals surface area contributed by atoms with E-state index in [1.165, 1.54) is 6.07 Å². The van der Waals surface area contributed by atoms with Crippen molar-refractivity contribution in [1.29, 1.82) is 0 Å². The summed E-state index contributed by atoms with van der Waals surface area (Å²) in [5.74, 6) is -0.0430. The lowest BCUT2D eigenvalue weighted by molar-refractivity contribution is -0.121. The van der Waals surface area contributed by atoms with E-state index in [4.69, 9.17) is 10.4 Å². The van der Waals surface area contributed by atoms with Crippen molar-refractivity contribution < 1.29 is 24.7 Å². The fourth-order valence-corrected chi connectivity index (χ4v) is 2.69. The van der Waals surface area contributed by atoms with Crippen LogP contribution in [0.3, 0.4) is 0 Å². The van der Waals surface area contributed by atoms with Crippen molar-refractivity contribution in [3.05, 3.63) is 41.0 Å². The Balaban J connectivity index is 1.67. The smallest absolute Gasteiger partial charge is 0.534 e. The maximum atomic E-state index is 12.1. The number of aromatic nitrogens is 3. The van der Waals surface area contributed by atoms with Gasteiger partial charge in [-0.3, -0.25) is 9.89 Å². The van der Waals surface area contributed by atoms with Gasteiger partial charge in [0.25, 0.3) is 0 Å². The molecule has 1 aromatic carbocycles. The maximum absolute atomic E-state index is 12.1. The van der Waals surface area contributed by atoms with E-state index in [-0.39, 0.29) is 36.6 Å². The van der Waals surface area contributed by atoms with Crippen LogP contribution in [0.1, 0.15) is 29.1 Å². The minimum atomic E-state index is -1.71. The molecule has 7 N–H and O–H groups in total. The van der Waals surface area contributed by atoms with Gasteiger partial charge in [0, 0.05) is 5.56 Å². The minimum absolute atomic E-state index is 0.0432. The summed E-state index contributed by atoms with van der Waals surface area (Å²) in [5, 5.41) is 38.0. The number of carbonyl (C=O) groups excluding carboxylic acids is 1. The van der Waals surface area contributed by atoms with Gasteiger partial charge >= 0.3 is 7.12 Å². The second-order valence-electron chi connectivity index (χ2n) is 5.67. The molecule has 0 spiro atoms. The number of hydrogen-bond donors (Lipinski definition) is 6. The van der Waals surface area contributed by atoms with Gasteiger partial charge in [0.15, 0.2) is 12.1 Å². The van der Waals surface area contributed by atoms with Crippen LogP contribution in [-0.2, 0) is 24.2 Å². The van der Waals surface area contributed by atoms with E-state index in [1.54, 1.807) is 12.1 Å². The average Bonchev–Trinajstić information content (AvgIpc) is 3.02. The topological polar surface area (TPSA) is 167 Å². The van der Waals surface area contributed by atoms with Crippen LogP contribution in [0.15, 0.2) is 18.2 Å². The molecule has 2 heterocycles. The molecular weight excluding hydrogens is 329 g/mol. The Morgan fingerprint density at radius 3 is 3.00 bits per heavy atom. The summed E-state index contributed by atoms with van der Waals surface area (Å²) in [4.78, 5) is 16.2. The van der Waals surface area contributed by atoms with Crippen LogP contribution < -0.4 is 15.7 Å². The molecule has 25 heavy (non-hydrogen) atoms. The highest BCUT2D eigenvalue weighted by atomic mass is 16.5. The van der Waals surface area contributed by atoms with E-state index < -0.39 is 19.3 Å². The highest BCUT2D eigenvalue weighted by Gasteiger charge is 2.37. The van der Waals surface area contributed by atoms with Gasteiger partial charge < -0.3 is 30.9 Å². The van der Waals surface area contributed by atoms with Gasteiger partial charge in [-0.05, 0) is 12.0 Å². The number of H-pyrrole nitrogens is 1. The van der Waals surface area contributed by atoms with Gasteiger partial charge in [-0.1, -0.05) is 18.2 Å².